The van der Waals surface area contributed by atoms with Crippen LogP contribution in [-0.2, 0) is 20.0 Å². The second-order valence-corrected chi connectivity index (χ2v) is 4.04. The maximum atomic E-state index is 12.0. The molecule has 0 aliphatic heterocycles. The van der Waals surface area contributed by atoms with E-state index in [2.05, 4.69) is 15.4 Å². The normalized spacial score (nSPS) is 10.3. The van der Waals surface area contributed by atoms with Crippen LogP contribution >= 0.6 is 0 Å². The van der Waals surface area contributed by atoms with Crippen molar-refractivity contribution < 1.29 is 4.79 Å². The molecule has 0 spiro atoms. The van der Waals surface area contributed by atoms with Gasteiger partial charge in [0.05, 0.1) is 5.69 Å². The third kappa shape index (κ3) is 2.74. The minimum atomic E-state index is -0.117. The zero-order chi connectivity index (χ0) is 13.0. The summed E-state index contributed by atoms with van der Waals surface area (Å²) in [6, 6.07) is 5.59. The van der Waals surface area contributed by atoms with E-state index in [4.69, 9.17) is 0 Å². The standard InChI is InChI=1S/C13H16N4O/c1-3-11-7-12(17(2)16-11)13(18)15-9-10-5-4-6-14-8-10/h4-8H,3,9H2,1-2H3,(H,15,18). The van der Waals surface area contributed by atoms with E-state index < -0.39 is 0 Å². The van der Waals surface area contributed by atoms with Crippen LogP contribution in [0.5, 0.6) is 0 Å². The highest BCUT2D eigenvalue weighted by atomic mass is 16.2. The van der Waals surface area contributed by atoms with Gasteiger partial charge in [-0.1, -0.05) is 13.0 Å². The van der Waals surface area contributed by atoms with Crippen LogP contribution in [0.1, 0.15) is 28.7 Å². The molecule has 2 aromatic heterocycles. The van der Waals surface area contributed by atoms with Crippen molar-refractivity contribution in [3.63, 3.8) is 0 Å². The summed E-state index contributed by atoms with van der Waals surface area (Å²) >= 11 is 0. The van der Waals surface area contributed by atoms with E-state index in [-0.39, 0.29) is 5.91 Å². The molecule has 5 nitrogen and oxygen atoms in total. The van der Waals surface area contributed by atoms with Gasteiger partial charge in [-0.25, -0.2) is 0 Å². The van der Waals surface area contributed by atoms with Crippen molar-refractivity contribution in [2.75, 3.05) is 0 Å². The van der Waals surface area contributed by atoms with Crippen molar-refractivity contribution in [3.8, 4) is 0 Å². The Kier molecular flexibility index (Phi) is 3.72. The van der Waals surface area contributed by atoms with Crippen molar-refractivity contribution in [2.45, 2.75) is 19.9 Å². The summed E-state index contributed by atoms with van der Waals surface area (Å²) in [5.74, 6) is -0.117. The van der Waals surface area contributed by atoms with Crippen molar-refractivity contribution in [1.29, 1.82) is 0 Å². The van der Waals surface area contributed by atoms with Crippen LogP contribution in [0.15, 0.2) is 30.6 Å². The number of nitrogens with one attached hydrogen (secondary N) is 1. The lowest BCUT2D eigenvalue weighted by Gasteiger charge is -2.04. The first-order valence-electron chi connectivity index (χ1n) is 5.90. The summed E-state index contributed by atoms with van der Waals surface area (Å²) in [6.45, 7) is 2.49. The summed E-state index contributed by atoms with van der Waals surface area (Å²) in [5.41, 5.74) is 2.48. The van der Waals surface area contributed by atoms with Crippen LogP contribution in [0.3, 0.4) is 0 Å². The second-order valence-electron chi connectivity index (χ2n) is 4.04. The number of aromatic nitrogens is 3. The molecule has 2 rings (SSSR count). The van der Waals surface area contributed by atoms with Gasteiger partial charge in [-0.05, 0) is 24.1 Å². The lowest BCUT2D eigenvalue weighted by atomic mass is 10.2. The zero-order valence-corrected chi connectivity index (χ0v) is 10.6. The van der Waals surface area contributed by atoms with Gasteiger partial charge in [0.15, 0.2) is 0 Å². The smallest absolute Gasteiger partial charge is 0.269 e. The summed E-state index contributed by atoms with van der Waals surface area (Å²) in [6.07, 6.45) is 4.27. The predicted molar refractivity (Wildman–Crippen MR) is 68.0 cm³/mol. The van der Waals surface area contributed by atoms with Gasteiger partial charge in [0.1, 0.15) is 5.69 Å². The highest BCUT2D eigenvalue weighted by Gasteiger charge is 2.11. The molecular formula is C13H16N4O. The van der Waals surface area contributed by atoms with Crippen LogP contribution in [0.4, 0.5) is 0 Å². The molecule has 5 heteroatoms. The average molecular weight is 244 g/mol. The lowest BCUT2D eigenvalue weighted by molar-refractivity contribution is 0.0941. The van der Waals surface area contributed by atoms with Crippen molar-refractivity contribution in [3.05, 3.63) is 47.5 Å². The molecule has 0 fully saturated rings. The Morgan fingerprint density at radius 2 is 2.33 bits per heavy atom. The monoisotopic (exact) mass is 244 g/mol. The molecule has 0 radical (unpaired) electrons. The van der Waals surface area contributed by atoms with Crippen molar-refractivity contribution >= 4 is 5.91 Å². The molecule has 94 valence electrons. The second kappa shape index (κ2) is 5.44. The Morgan fingerprint density at radius 3 is 2.94 bits per heavy atom. The van der Waals surface area contributed by atoms with Crippen LogP contribution in [0, 0.1) is 0 Å². The Balaban J connectivity index is 2.01. The maximum Gasteiger partial charge on any atom is 0.269 e. The zero-order valence-electron chi connectivity index (χ0n) is 10.6. The molecule has 18 heavy (non-hydrogen) atoms. The molecule has 0 bridgehead atoms. The van der Waals surface area contributed by atoms with E-state index in [1.807, 2.05) is 25.1 Å². The first-order chi connectivity index (χ1) is 8.70. The topological polar surface area (TPSA) is 59.8 Å². The van der Waals surface area contributed by atoms with Gasteiger partial charge in [-0.15, -0.1) is 0 Å². The van der Waals surface area contributed by atoms with Gasteiger partial charge >= 0.3 is 0 Å². The third-order valence-corrected chi connectivity index (χ3v) is 2.70. The third-order valence-electron chi connectivity index (χ3n) is 2.70. The first-order valence-corrected chi connectivity index (χ1v) is 5.90. The SMILES string of the molecule is CCc1cc(C(=O)NCc2cccnc2)n(C)n1. The van der Waals surface area contributed by atoms with Crippen LogP contribution in [0.25, 0.3) is 0 Å². The molecule has 0 saturated carbocycles. The summed E-state index contributed by atoms with van der Waals surface area (Å²) in [5, 5.41) is 7.10. The molecule has 1 N–H and O–H groups in total. The number of carbonyl (C=O) groups is 1. The Bertz CT molecular complexity index is 533. The minimum Gasteiger partial charge on any atom is -0.347 e. The molecule has 2 aromatic rings. The Morgan fingerprint density at radius 1 is 1.50 bits per heavy atom. The Labute approximate surface area is 106 Å². The van der Waals surface area contributed by atoms with Gasteiger partial charge in [0.25, 0.3) is 5.91 Å². The number of pyridine rings is 1. The van der Waals surface area contributed by atoms with Crippen LogP contribution in [0.2, 0.25) is 0 Å². The minimum absolute atomic E-state index is 0.117. The fourth-order valence-electron chi connectivity index (χ4n) is 1.69. The lowest BCUT2D eigenvalue weighted by Crippen LogP contribution is -2.25. The summed E-state index contributed by atoms with van der Waals surface area (Å²) < 4.78 is 1.61. The molecule has 0 saturated heterocycles. The summed E-state index contributed by atoms with van der Waals surface area (Å²) in [4.78, 5) is 16.0. The van der Waals surface area contributed by atoms with Gasteiger partial charge < -0.3 is 5.32 Å². The predicted octanol–water partition coefficient (Wildman–Crippen LogP) is 1.31. The molecular weight excluding hydrogens is 228 g/mol. The van der Waals surface area contributed by atoms with Crippen LogP contribution in [-0.4, -0.2) is 20.7 Å². The molecule has 0 atom stereocenters. The maximum absolute atomic E-state index is 12.0. The quantitative estimate of drug-likeness (QED) is 0.882. The van der Waals surface area contributed by atoms with E-state index >= 15 is 0 Å². The van der Waals surface area contributed by atoms with E-state index in [0.717, 1.165) is 17.7 Å². The molecule has 0 unspecified atom stereocenters. The molecule has 2 heterocycles. The molecule has 0 aliphatic carbocycles. The highest BCUT2D eigenvalue weighted by molar-refractivity contribution is 5.92. The number of aryl methyl sites for hydroxylation is 2. The first kappa shape index (κ1) is 12.3. The van der Waals surface area contributed by atoms with E-state index in [0.29, 0.717) is 12.2 Å². The molecule has 0 aliphatic rings. The molecule has 1 amide bonds. The van der Waals surface area contributed by atoms with E-state index in [1.54, 1.807) is 24.1 Å². The van der Waals surface area contributed by atoms with E-state index in [1.165, 1.54) is 0 Å². The largest absolute Gasteiger partial charge is 0.347 e. The van der Waals surface area contributed by atoms with Gasteiger partial charge in [-0.2, -0.15) is 5.10 Å². The highest BCUT2D eigenvalue weighted by Crippen LogP contribution is 2.04. The number of amides is 1. The van der Waals surface area contributed by atoms with Crippen molar-refractivity contribution in [1.82, 2.24) is 20.1 Å². The fraction of sp³-hybridized carbons (Fsp3) is 0.308. The fourth-order valence-corrected chi connectivity index (χ4v) is 1.69. The average Bonchev–Trinajstić information content (AvgIpc) is 2.78. The number of hydrogen-bond acceptors (Lipinski definition) is 3. The van der Waals surface area contributed by atoms with E-state index in [9.17, 15) is 4.79 Å². The number of hydrogen-bond donors (Lipinski definition) is 1. The van der Waals surface area contributed by atoms with Crippen molar-refractivity contribution in [2.24, 2.45) is 7.05 Å². The van der Waals surface area contributed by atoms with Gasteiger partial charge in [-0.3, -0.25) is 14.5 Å². The number of carbonyl (C=O) groups excluding carboxylic acids is 1. The Hall–Kier alpha value is -2.17. The molecule has 0 aromatic carbocycles. The number of rotatable bonds is 4. The number of nitrogens with zero attached hydrogens (tertiary/aromatic N) is 3. The van der Waals surface area contributed by atoms with Gasteiger partial charge in [0, 0.05) is 26.0 Å². The van der Waals surface area contributed by atoms with Gasteiger partial charge in [0.2, 0.25) is 0 Å². The summed E-state index contributed by atoms with van der Waals surface area (Å²) in [7, 11) is 1.78. The van der Waals surface area contributed by atoms with Crippen LogP contribution < -0.4 is 5.32 Å².